The van der Waals surface area contributed by atoms with E-state index in [1.165, 1.54) is 12.1 Å². The van der Waals surface area contributed by atoms with E-state index >= 15 is 0 Å². The minimum atomic E-state index is -0.549. The van der Waals surface area contributed by atoms with Gasteiger partial charge in [-0.1, -0.05) is 28.1 Å². The van der Waals surface area contributed by atoms with Crippen LogP contribution in [0.15, 0.2) is 46.9 Å². The summed E-state index contributed by atoms with van der Waals surface area (Å²) in [5, 5.41) is 3.24. The second-order valence-corrected chi connectivity index (χ2v) is 5.35. The quantitative estimate of drug-likeness (QED) is 0.867. The fourth-order valence-corrected chi connectivity index (χ4v) is 2.29. The first-order valence-corrected chi connectivity index (χ1v) is 6.78. The summed E-state index contributed by atoms with van der Waals surface area (Å²) in [7, 11) is 0. The average molecular weight is 326 g/mol. The second kappa shape index (κ2) is 6.26. The van der Waals surface area contributed by atoms with Crippen LogP contribution in [0.3, 0.4) is 0 Å². The molecule has 2 aromatic carbocycles. The summed E-state index contributed by atoms with van der Waals surface area (Å²) in [4.78, 5) is 0. The molecular weight excluding hydrogens is 312 g/mol. The number of nitrogens with one attached hydrogen (secondary N) is 1. The van der Waals surface area contributed by atoms with Crippen LogP contribution in [-0.2, 0) is 6.54 Å². The Morgan fingerprint density at radius 1 is 1.11 bits per heavy atom. The van der Waals surface area contributed by atoms with Crippen molar-refractivity contribution in [3.05, 3.63) is 69.7 Å². The van der Waals surface area contributed by atoms with Crippen LogP contribution in [-0.4, -0.2) is 0 Å². The highest BCUT2D eigenvalue weighted by molar-refractivity contribution is 9.10. The van der Waals surface area contributed by atoms with Crippen molar-refractivity contribution in [2.75, 3.05) is 0 Å². The van der Waals surface area contributed by atoms with Crippen molar-refractivity contribution >= 4 is 15.9 Å². The van der Waals surface area contributed by atoms with Crippen LogP contribution in [0, 0.1) is 11.6 Å². The third kappa shape index (κ3) is 4.11. The molecule has 0 radical (unpaired) electrons. The van der Waals surface area contributed by atoms with Crippen molar-refractivity contribution in [1.29, 1.82) is 0 Å². The standard InChI is InChI=1S/C15H14BrF2N/c1-10(12-3-2-4-13(16)7-12)19-9-11-5-14(17)8-15(18)6-11/h2-8,10,19H,9H2,1H3/t10-/m1/s1. The number of rotatable bonds is 4. The summed E-state index contributed by atoms with van der Waals surface area (Å²) < 4.78 is 27.1. The van der Waals surface area contributed by atoms with E-state index in [-0.39, 0.29) is 6.04 Å². The number of hydrogen-bond donors (Lipinski definition) is 1. The van der Waals surface area contributed by atoms with Crippen LogP contribution in [0.2, 0.25) is 0 Å². The SMILES string of the molecule is C[C@@H](NCc1cc(F)cc(F)c1)c1cccc(Br)c1. The summed E-state index contributed by atoms with van der Waals surface area (Å²) in [6, 6.07) is 11.6. The molecule has 0 amide bonds. The molecule has 100 valence electrons. The molecule has 4 heteroatoms. The van der Waals surface area contributed by atoms with E-state index in [9.17, 15) is 8.78 Å². The third-order valence-corrected chi connectivity index (χ3v) is 3.38. The maximum Gasteiger partial charge on any atom is 0.126 e. The molecule has 0 aliphatic carbocycles. The number of halogens is 3. The first-order valence-electron chi connectivity index (χ1n) is 5.98. The molecule has 0 aliphatic heterocycles. The summed E-state index contributed by atoms with van der Waals surface area (Å²) in [5.41, 5.74) is 1.71. The molecule has 0 spiro atoms. The first kappa shape index (κ1) is 14.2. The molecule has 0 fully saturated rings. The Hall–Kier alpha value is -1.26. The zero-order valence-electron chi connectivity index (χ0n) is 10.5. The predicted octanol–water partition coefficient (Wildman–Crippen LogP) is 4.58. The lowest BCUT2D eigenvalue weighted by molar-refractivity contribution is 0.554. The van der Waals surface area contributed by atoms with Gasteiger partial charge in [0.1, 0.15) is 11.6 Å². The molecule has 0 aliphatic rings. The summed E-state index contributed by atoms with van der Waals surface area (Å²) in [6.45, 7) is 2.43. The molecule has 1 nitrogen and oxygen atoms in total. The van der Waals surface area contributed by atoms with Gasteiger partial charge >= 0.3 is 0 Å². The van der Waals surface area contributed by atoms with Crippen molar-refractivity contribution in [2.45, 2.75) is 19.5 Å². The molecule has 0 aromatic heterocycles. The van der Waals surface area contributed by atoms with E-state index in [1.54, 1.807) is 0 Å². The topological polar surface area (TPSA) is 12.0 Å². The highest BCUT2D eigenvalue weighted by Gasteiger charge is 2.06. The molecule has 1 N–H and O–H groups in total. The van der Waals surface area contributed by atoms with Crippen LogP contribution in [0.25, 0.3) is 0 Å². The van der Waals surface area contributed by atoms with Gasteiger partial charge in [0.25, 0.3) is 0 Å². The van der Waals surface area contributed by atoms with E-state index in [0.29, 0.717) is 12.1 Å². The van der Waals surface area contributed by atoms with Crippen LogP contribution < -0.4 is 5.32 Å². The van der Waals surface area contributed by atoms with E-state index in [2.05, 4.69) is 21.2 Å². The van der Waals surface area contributed by atoms with Gasteiger partial charge in [-0.05, 0) is 42.3 Å². The number of hydrogen-bond acceptors (Lipinski definition) is 1. The van der Waals surface area contributed by atoms with Gasteiger partial charge in [0.2, 0.25) is 0 Å². The van der Waals surface area contributed by atoms with Crippen molar-refractivity contribution in [3.8, 4) is 0 Å². The first-order chi connectivity index (χ1) is 9.04. The maximum atomic E-state index is 13.1. The smallest absolute Gasteiger partial charge is 0.126 e. The average Bonchev–Trinajstić information content (AvgIpc) is 2.35. The Labute approximate surface area is 119 Å². The van der Waals surface area contributed by atoms with Gasteiger partial charge in [0.15, 0.2) is 0 Å². The van der Waals surface area contributed by atoms with Gasteiger partial charge in [-0.15, -0.1) is 0 Å². The lowest BCUT2D eigenvalue weighted by Crippen LogP contribution is -2.18. The predicted molar refractivity (Wildman–Crippen MR) is 75.8 cm³/mol. The van der Waals surface area contributed by atoms with Gasteiger partial charge in [-0.25, -0.2) is 8.78 Å². The summed E-state index contributed by atoms with van der Waals surface area (Å²) in [5.74, 6) is -1.10. The lowest BCUT2D eigenvalue weighted by atomic mass is 10.1. The van der Waals surface area contributed by atoms with Gasteiger partial charge in [0, 0.05) is 23.1 Å². The molecule has 0 heterocycles. The van der Waals surface area contributed by atoms with Crippen molar-refractivity contribution in [1.82, 2.24) is 5.32 Å². The molecule has 0 saturated heterocycles. The van der Waals surface area contributed by atoms with E-state index in [0.717, 1.165) is 16.1 Å². The van der Waals surface area contributed by atoms with Gasteiger partial charge < -0.3 is 5.32 Å². The van der Waals surface area contributed by atoms with Gasteiger partial charge in [0.05, 0.1) is 0 Å². The molecule has 2 aromatic rings. The molecule has 2 rings (SSSR count). The van der Waals surface area contributed by atoms with Gasteiger partial charge in [-0.3, -0.25) is 0 Å². The highest BCUT2D eigenvalue weighted by Crippen LogP contribution is 2.18. The largest absolute Gasteiger partial charge is 0.306 e. The van der Waals surface area contributed by atoms with E-state index in [1.807, 2.05) is 31.2 Å². The van der Waals surface area contributed by atoms with E-state index in [4.69, 9.17) is 0 Å². The molecule has 0 saturated carbocycles. The van der Waals surface area contributed by atoms with Gasteiger partial charge in [-0.2, -0.15) is 0 Å². The monoisotopic (exact) mass is 325 g/mol. The minimum absolute atomic E-state index is 0.101. The van der Waals surface area contributed by atoms with Crippen molar-refractivity contribution in [2.24, 2.45) is 0 Å². The zero-order chi connectivity index (χ0) is 13.8. The summed E-state index contributed by atoms with van der Waals surface area (Å²) >= 11 is 3.42. The zero-order valence-corrected chi connectivity index (χ0v) is 12.0. The molecule has 1 atom stereocenters. The Morgan fingerprint density at radius 3 is 2.42 bits per heavy atom. The lowest BCUT2D eigenvalue weighted by Gasteiger charge is -2.14. The normalized spacial score (nSPS) is 12.4. The third-order valence-electron chi connectivity index (χ3n) is 2.88. The highest BCUT2D eigenvalue weighted by atomic mass is 79.9. The van der Waals surface area contributed by atoms with Crippen molar-refractivity contribution in [3.63, 3.8) is 0 Å². The second-order valence-electron chi connectivity index (χ2n) is 4.44. The minimum Gasteiger partial charge on any atom is -0.306 e. The van der Waals surface area contributed by atoms with Crippen LogP contribution >= 0.6 is 15.9 Å². The Morgan fingerprint density at radius 2 is 1.79 bits per heavy atom. The Kier molecular flexibility index (Phi) is 4.66. The summed E-state index contributed by atoms with van der Waals surface area (Å²) in [6.07, 6.45) is 0. The molecule has 19 heavy (non-hydrogen) atoms. The number of benzene rings is 2. The van der Waals surface area contributed by atoms with Crippen LogP contribution in [0.5, 0.6) is 0 Å². The van der Waals surface area contributed by atoms with Crippen LogP contribution in [0.1, 0.15) is 24.1 Å². The Bertz CT molecular complexity index is 552. The van der Waals surface area contributed by atoms with Crippen LogP contribution in [0.4, 0.5) is 8.78 Å². The Balaban J connectivity index is 2.02. The maximum absolute atomic E-state index is 13.1. The molecule has 0 bridgehead atoms. The molecular formula is C15H14BrF2N. The molecule has 0 unspecified atom stereocenters. The fraction of sp³-hybridized carbons (Fsp3) is 0.200. The fourth-order valence-electron chi connectivity index (χ4n) is 1.88. The van der Waals surface area contributed by atoms with E-state index < -0.39 is 11.6 Å². The van der Waals surface area contributed by atoms with Crippen molar-refractivity contribution < 1.29 is 8.78 Å².